The summed E-state index contributed by atoms with van der Waals surface area (Å²) >= 11 is 0. The molecule has 0 radical (unpaired) electrons. The average molecular weight is 303 g/mol. The van der Waals surface area contributed by atoms with Crippen molar-refractivity contribution < 1.29 is 14.1 Å². The molecule has 3 unspecified atom stereocenters. The van der Waals surface area contributed by atoms with Crippen LogP contribution in [0.2, 0.25) is 0 Å². The number of nitro benzene ring substituents is 1. The summed E-state index contributed by atoms with van der Waals surface area (Å²) in [5.41, 5.74) is 1.21. The van der Waals surface area contributed by atoms with Gasteiger partial charge in [-0.1, -0.05) is 6.08 Å². The van der Waals surface area contributed by atoms with Crippen LogP contribution in [0, 0.1) is 27.8 Å². The summed E-state index contributed by atoms with van der Waals surface area (Å²) < 4.78 is 20.2. The van der Waals surface area contributed by atoms with Crippen LogP contribution in [0.25, 0.3) is 5.57 Å². The highest BCUT2D eigenvalue weighted by Gasteiger charge is 2.55. The Bertz CT molecular complexity index is 672. The van der Waals surface area contributed by atoms with Crippen molar-refractivity contribution >= 4 is 11.3 Å². The Morgan fingerprint density at radius 1 is 1.41 bits per heavy atom. The normalized spacial score (nSPS) is 33.2. The largest absolute Gasteiger partial charge is 0.374 e. The second kappa shape index (κ2) is 4.88. The number of ether oxygens (including phenoxy) is 1. The zero-order valence-electron chi connectivity index (χ0n) is 12.3. The van der Waals surface area contributed by atoms with Gasteiger partial charge in [0.2, 0.25) is 0 Å². The van der Waals surface area contributed by atoms with Gasteiger partial charge in [-0.05, 0) is 55.6 Å². The number of non-ortho nitro benzene ring substituents is 1. The molecule has 3 atom stereocenters. The molecule has 2 fully saturated rings. The monoisotopic (exact) mass is 303 g/mol. The van der Waals surface area contributed by atoms with Gasteiger partial charge in [0.25, 0.3) is 5.69 Å². The molecule has 2 aliphatic carbocycles. The van der Waals surface area contributed by atoms with Crippen molar-refractivity contribution in [3.63, 3.8) is 0 Å². The lowest BCUT2D eigenvalue weighted by Gasteiger charge is -2.40. The molecular formula is C17H18FNO3. The molecule has 1 aliphatic heterocycles. The molecule has 1 saturated carbocycles. The fourth-order valence-corrected chi connectivity index (χ4v) is 4.17. The summed E-state index contributed by atoms with van der Waals surface area (Å²) in [5, 5.41) is 10.7. The van der Waals surface area contributed by atoms with E-state index >= 15 is 0 Å². The molecule has 1 aromatic rings. The van der Waals surface area contributed by atoms with E-state index in [4.69, 9.17) is 4.74 Å². The summed E-state index contributed by atoms with van der Waals surface area (Å²) in [6.07, 6.45) is 7.07. The third-order valence-corrected chi connectivity index (χ3v) is 5.50. The molecular weight excluding hydrogens is 285 g/mol. The van der Waals surface area contributed by atoms with Crippen LogP contribution in [0.4, 0.5) is 10.1 Å². The minimum Gasteiger partial charge on any atom is -0.374 e. The van der Waals surface area contributed by atoms with Gasteiger partial charge < -0.3 is 4.74 Å². The fourth-order valence-electron chi connectivity index (χ4n) is 4.17. The molecule has 0 N–H and O–H groups in total. The first kappa shape index (κ1) is 13.9. The minimum atomic E-state index is -0.569. The van der Waals surface area contributed by atoms with E-state index in [1.54, 1.807) is 0 Å². The van der Waals surface area contributed by atoms with Gasteiger partial charge in [-0.3, -0.25) is 10.1 Å². The molecule has 0 aromatic heterocycles. The highest BCUT2D eigenvalue weighted by Crippen LogP contribution is 2.58. The zero-order valence-corrected chi connectivity index (χ0v) is 12.3. The number of hydrogen-bond acceptors (Lipinski definition) is 3. The van der Waals surface area contributed by atoms with Crippen LogP contribution in [0.3, 0.4) is 0 Å². The Morgan fingerprint density at radius 3 is 2.95 bits per heavy atom. The minimum absolute atomic E-state index is 0.0241. The van der Waals surface area contributed by atoms with Gasteiger partial charge >= 0.3 is 0 Å². The van der Waals surface area contributed by atoms with Crippen molar-refractivity contribution in [3.8, 4) is 0 Å². The van der Waals surface area contributed by atoms with Crippen LogP contribution >= 0.6 is 0 Å². The predicted molar refractivity (Wildman–Crippen MR) is 79.8 cm³/mol. The summed E-state index contributed by atoms with van der Waals surface area (Å²) in [5.74, 6) is 1.01. The van der Waals surface area contributed by atoms with Crippen LogP contribution in [-0.4, -0.2) is 17.1 Å². The van der Waals surface area contributed by atoms with Gasteiger partial charge in [-0.15, -0.1) is 0 Å². The van der Waals surface area contributed by atoms with E-state index < -0.39 is 10.7 Å². The van der Waals surface area contributed by atoms with Crippen molar-refractivity contribution in [1.82, 2.24) is 0 Å². The SMILES string of the molecule is O=[N+]([O-])c1ccc(C2=CCC3(CC2)OCCC2CC23)c(F)c1. The lowest BCUT2D eigenvalue weighted by atomic mass is 9.78. The zero-order chi connectivity index (χ0) is 15.3. The van der Waals surface area contributed by atoms with Crippen LogP contribution in [0.5, 0.6) is 0 Å². The second-order valence-corrected chi connectivity index (χ2v) is 6.66. The molecule has 4 nitrogen and oxygen atoms in total. The lowest BCUT2D eigenvalue weighted by Crippen LogP contribution is -2.40. The van der Waals surface area contributed by atoms with Gasteiger partial charge in [0, 0.05) is 18.2 Å². The maximum Gasteiger partial charge on any atom is 0.272 e. The molecule has 5 heteroatoms. The molecule has 1 spiro atoms. The Balaban J connectivity index is 1.57. The van der Waals surface area contributed by atoms with E-state index in [1.165, 1.54) is 25.0 Å². The van der Waals surface area contributed by atoms with Gasteiger partial charge in [0.1, 0.15) is 5.82 Å². The predicted octanol–water partition coefficient (Wildman–Crippen LogP) is 4.10. The molecule has 1 heterocycles. The quantitative estimate of drug-likeness (QED) is 0.610. The topological polar surface area (TPSA) is 52.4 Å². The fraction of sp³-hybridized carbons (Fsp3) is 0.529. The van der Waals surface area contributed by atoms with E-state index in [1.807, 2.05) is 0 Å². The van der Waals surface area contributed by atoms with Crippen molar-refractivity contribution in [3.05, 3.63) is 45.8 Å². The summed E-state index contributed by atoms with van der Waals surface area (Å²) in [6.45, 7) is 0.843. The van der Waals surface area contributed by atoms with Gasteiger partial charge in [0.15, 0.2) is 0 Å². The molecule has 4 rings (SSSR count). The third kappa shape index (κ3) is 2.15. The molecule has 116 valence electrons. The van der Waals surface area contributed by atoms with Gasteiger partial charge in [-0.25, -0.2) is 4.39 Å². The first-order chi connectivity index (χ1) is 10.6. The number of fused-ring (bicyclic) bond motifs is 2. The van der Waals surface area contributed by atoms with E-state index in [9.17, 15) is 14.5 Å². The number of allylic oxidation sites excluding steroid dienone is 1. The van der Waals surface area contributed by atoms with E-state index in [2.05, 4.69) is 6.08 Å². The van der Waals surface area contributed by atoms with Crippen molar-refractivity contribution in [2.24, 2.45) is 11.8 Å². The van der Waals surface area contributed by atoms with E-state index in [0.717, 1.165) is 43.4 Å². The summed E-state index contributed by atoms with van der Waals surface area (Å²) in [6, 6.07) is 3.91. The molecule has 0 bridgehead atoms. The Morgan fingerprint density at radius 2 is 2.27 bits per heavy atom. The number of nitrogens with zero attached hydrogens (tertiary/aromatic N) is 1. The standard InChI is InChI=1S/C17H18FNO3/c18-16-10-13(19(20)21)1-2-14(16)11-3-6-17(7-4-11)15-9-12(15)5-8-22-17/h1-3,10,12,15H,4-9H2. The highest BCUT2D eigenvalue weighted by atomic mass is 19.1. The molecule has 1 aromatic carbocycles. The van der Waals surface area contributed by atoms with Crippen molar-refractivity contribution in [2.75, 3.05) is 6.61 Å². The van der Waals surface area contributed by atoms with Gasteiger partial charge in [0.05, 0.1) is 16.6 Å². The smallest absolute Gasteiger partial charge is 0.272 e. The maximum absolute atomic E-state index is 14.1. The van der Waals surface area contributed by atoms with Crippen LogP contribution in [0.15, 0.2) is 24.3 Å². The third-order valence-electron chi connectivity index (χ3n) is 5.50. The van der Waals surface area contributed by atoms with Gasteiger partial charge in [-0.2, -0.15) is 0 Å². The molecule has 1 saturated heterocycles. The summed E-state index contributed by atoms with van der Waals surface area (Å²) in [7, 11) is 0. The number of benzene rings is 1. The first-order valence-electron chi connectivity index (χ1n) is 7.86. The number of halogens is 1. The van der Waals surface area contributed by atoms with E-state index in [0.29, 0.717) is 11.5 Å². The molecule has 22 heavy (non-hydrogen) atoms. The summed E-state index contributed by atoms with van der Waals surface area (Å²) in [4.78, 5) is 10.1. The first-order valence-corrected chi connectivity index (χ1v) is 7.86. The van der Waals surface area contributed by atoms with E-state index in [-0.39, 0.29) is 11.3 Å². The number of nitro groups is 1. The maximum atomic E-state index is 14.1. The van der Waals surface area contributed by atoms with Crippen LogP contribution < -0.4 is 0 Å². The van der Waals surface area contributed by atoms with Crippen LogP contribution in [0.1, 0.15) is 37.7 Å². The second-order valence-electron chi connectivity index (χ2n) is 6.66. The lowest BCUT2D eigenvalue weighted by molar-refractivity contribution is -0.385. The molecule has 3 aliphatic rings. The average Bonchev–Trinajstić information content (AvgIpc) is 3.29. The number of hydrogen-bond donors (Lipinski definition) is 0. The Hall–Kier alpha value is -1.75. The van der Waals surface area contributed by atoms with Crippen LogP contribution in [-0.2, 0) is 4.74 Å². The Labute approximate surface area is 128 Å². The molecule has 0 amide bonds. The number of rotatable bonds is 2. The van der Waals surface area contributed by atoms with Crippen molar-refractivity contribution in [2.45, 2.75) is 37.7 Å². The highest BCUT2D eigenvalue weighted by molar-refractivity contribution is 5.68. The Kier molecular flexibility index (Phi) is 3.08. The van der Waals surface area contributed by atoms with Crippen molar-refractivity contribution in [1.29, 1.82) is 0 Å².